The zero-order valence-electron chi connectivity index (χ0n) is 24.2. The van der Waals surface area contributed by atoms with Gasteiger partial charge in [0.1, 0.15) is 17.9 Å². The molecule has 2 fully saturated rings. The lowest BCUT2D eigenvalue weighted by Gasteiger charge is -2.39. The Bertz CT molecular complexity index is 974. The van der Waals surface area contributed by atoms with Crippen LogP contribution in [0.4, 0.5) is 4.79 Å². The van der Waals surface area contributed by atoms with Gasteiger partial charge in [-0.1, -0.05) is 71.1 Å². The average molecular weight is 559 g/mol. The van der Waals surface area contributed by atoms with Gasteiger partial charge in [-0.2, -0.15) is 0 Å². The number of benzene rings is 1. The van der Waals surface area contributed by atoms with Gasteiger partial charge in [-0.25, -0.2) is 4.79 Å². The van der Waals surface area contributed by atoms with E-state index in [0.717, 1.165) is 25.7 Å². The molecule has 1 aromatic carbocycles. The van der Waals surface area contributed by atoms with Crippen LogP contribution >= 0.6 is 0 Å². The lowest BCUT2D eigenvalue weighted by molar-refractivity contribution is -0.141. The van der Waals surface area contributed by atoms with Crippen LogP contribution in [-0.4, -0.2) is 79.1 Å². The van der Waals surface area contributed by atoms with Crippen molar-refractivity contribution in [3.8, 4) is 5.75 Å². The Kier molecular flexibility index (Phi) is 12.2. The maximum Gasteiger partial charge on any atom is 0.318 e. The van der Waals surface area contributed by atoms with E-state index in [-0.39, 0.29) is 18.6 Å². The summed E-state index contributed by atoms with van der Waals surface area (Å²) in [5.41, 5.74) is -1.11. The third kappa shape index (κ3) is 8.94. The number of hydrogen-bond acceptors (Lipinski definition) is 6. The van der Waals surface area contributed by atoms with Gasteiger partial charge < -0.3 is 30.3 Å². The smallest absolute Gasteiger partial charge is 0.318 e. The summed E-state index contributed by atoms with van der Waals surface area (Å²) in [6.45, 7) is 7.95. The predicted molar refractivity (Wildman–Crippen MR) is 152 cm³/mol. The van der Waals surface area contributed by atoms with Crippen molar-refractivity contribution >= 4 is 23.6 Å². The Morgan fingerprint density at radius 2 is 1.68 bits per heavy atom. The number of nitrogens with zero attached hydrogens (tertiary/aromatic N) is 1. The lowest BCUT2D eigenvalue weighted by atomic mass is 9.80. The summed E-state index contributed by atoms with van der Waals surface area (Å²) in [6.07, 6.45) is 5.36. The zero-order valence-corrected chi connectivity index (χ0v) is 24.2. The van der Waals surface area contributed by atoms with Crippen LogP contribution in [0.5, 0.6) is 5.75 Å². The topological polar surface area (TPSA) is 126 Å². The molecule has 1 saturated carbocycles. The first-order chi connectivity index (χ1) is 19.3. The quantitative estimate of drug-likeness (QED) is 0.319. The van der Waals surface area contributed by atoms with Gasteiger partial charge in [-0.15, -0.1) is 0 Å². The third-order valence-electron chi connectivity index (χ3n) is 7.77. The highest BCUT2D eigenvalue weighted by atomic mass is 16.5. The molecule has 0 radical (unpaired) electrons. The molecule has 0 bridgehead atoms. The zero-order chi connectivity index (χ0) is 29.0. The third-order valence-corrected chi connectivity index (χ3v) is 7.77. The van der Waals surface area contributed by atoms with Crippen molar-refractivity contribution in [2.24, 2.45) is 5.92 Å². The van der Waals surface area contributed by atoms with Gasteiger partial charge in [0.05, 0.1) is 25.3 Å². The van der Waals surface area contributed by atoms with Crippen molar-refractivity contribution in [2.45, 2.75) is 89.8 Å². The van der Waals surface area contributed by atoms with Crippen LogP contribution in [0.25, 0.3) is 0 Å². The van der Waals surface area contributed by atoms with Gasteiger partial charge >= 0.3 is 6.03 Å². The second-order valence-corrected chi connectivity index (χ2v) is 11.2. The van der Waals surface area contributed by atoms with Crippen molar-refractivity contribution in [3.63, 3.8) is 0 Å². The Balaban J connectivity index is 1.68. The number of nitrogens with one attached hydrogen (secondary N) is 3. The molecule has 1 aliphatic heterocycles. The summed E-state index contributed by atoms with van der Waals surface area (Å²) in [5, 5.41) is 8.70. The van der Waals surface area contributed by atoms with Crippen molar-refractivity contribution in [3.05, 3.63) is 30.3 Å². The standard InChI is InChI=1S/C30H46N4O6/c1-4-5-14-24(26(35)27(36)31-25(22(2)3)21-40-23-12-8-6-9-13-23)32-28(37)30(15-10-7-11-16-30)33-29(38)34-17-19-39-20-18-34/h6,8-9,12-13,22,24-25H,4-5,7,10-11,14-21H2,1-3H3,(H,31,36)(H,32,37)(H,33,38)/t24-,25?/m0/s1. The van der Waals surface area contributed by atoms with Gasteiger partial charge in [0.15, 0.2) is 0 Å². The molecular weight excluding hydrogens is 512 g/mol. The largest absolute Gasteiger partial charge is 0.491 e. The van der Waals surface area contributed by atoms with E-state index in [1.54, 1.807) is 4.90 Å². The van der Waals surface area contributed by atoms with E-state index in [2.05, 4.69) is 16.0 Å². The summed E-state index contributed by atoms with van der Waals surface area (Å²) in [5.74, 6) is -1.13. The highest BCUT2D eigenvalue weighted by molar-refractivity contribution is 6.38. The van der Waals surface area contributed by atoms with E-state index in [0.29, 0.717) is 57.7 Å². The summed E-state index contributed by atoms with van der Waals surface area (Å²) >= 11 is 0. The molecule has 1 heterocycles. The van der Waals surface area contributed by atoms with E-state index >= 15 is 0 Å². The van der Waals surface area contributed by atoms with Crippen molar-refractivity contribution < 1.29 is 28.7 Å². The fourth-order valence-corrected chi connectivity index (χ4v) is 5.09. The molecule has 1 aliphatic carbocycles. The molecule has 3 N–H and O–H groups in total. The van der Waals surface area contributed by atoms with Gasteiger partial charge in [0.2, 0.25) is 11.7 Å². The van der Waals surface area contributed by atoms with Crippen LogP contribution in [0.3, 0.4) is 0 Å². The first-order valence-corrected chi connectivity index (χ1v) is 14.7. The number of ether oxygens (including phenoxy) is 2. The van der Waals surface area contributed by atoms with Crippen LogP contribution in [0.2, 0.25) is 0 Å². The van der Waals surface area contributed by atoms with Gasteiger partial charge in [-0.05, 0) is 37.3 Å². The summed E-state index contributed by atoms with van der Waals surface area (Å²) in [4.78, 5) is 55.0. The first-order valence-electron chi connectivity index (χ1n) is 14.7. The molecule has 3 rings (SSSR count). The first kappa shape index (κ1) is 31.4. The van der Waals surface area contributed by atoms with E-state index in [1.807, 2.05) is 51.1 Å². The molecule has 1 saturated heterocycles. The molecule has 2 aliphatic rings. The number of rotatable bonds is 13. The maximum atomic E-state index is 13.8. The Morgan fingerprint density at radius 3 is 2.30 bits per heavy atom. The summed E-state index contributed by atoms with van der Waals surface area (Å²) in [7, 11) is 0. The van der Waals surface area contributed by atoms with Crippen molar-refractivity contribution in [2.75, 3.05) is 32.9 Å². The molecular formula is C30H46N4O6. The molecule has 1 unspecified atom stereocenters. The number of Topliss-reactive ketones (excluding diaryl/α,β-unsaturated/α-hetero) is 1. The van der Waals surface area contributed by atoms with Crippen LogP contribution in [0, 0.1) is 5.92 Å². The second-order valence-electron chi connectivity index (χ2n) is 11.2. The normalized spacial score (nSPS) is 18.4. The molecule has 40 heavy (non-hydrogen) atoms. The van der Waals surface area contributed by atoms with Crippen molar-refractivity contribution in [1.82, 2.24) is 20.9 Å². The molecule has 2 atom stereocenters. The maximum absolute atomic E-state index is 13.8. The fourth-order valence-electron chi connectivity index (χ4n) is 5.09. The molecule has 10 heteroatoms. The van der Waals surface area contributed by atoms with Gasteiger partial charge in [0.25, 0.3) is 5.91 Å². The SMILES string of the molecule is CCCC[C@H](NC(=O)C1(NC(=O)N2CCOCC2)CCCCC1)C(=O)C(=O)NC(COc1ccccc1)C(C)C. The summed E-state index contributed by atoms with van der Waals surface area (Å²) < 4.78 is 11.2. The van der Waals surface area contributed by atoms with Crippen LogP contribution in [0.1, 0.15) is 72.1 Å². The number of unbranched alkanes of at least 4 members (excludes halogenated alkanes) is 1. The number of urea groups is 1. The lowest BCUT2D eigenvalue weighted by Crippen LogP contribution is -2.65. The Morgan fingerprint density at radius 1 is 1.00 bits per heavy atom. The molecule has 0 aromatic heterocycles. The Hall–Kier alpha value is -3.14. The van der Waals surface area contributed by atoms with Gasteiger partial charge in [0, 0.05) is 13.1 Å². The fraction of sp³-hybridized carbons (Fsp3) is 0.667. The predicted octanol–water partition coefficient (Wildman–Crippen LogP) is 3.20. The number of carbonyl (C=O) groups is 4. The minimum Gasteiger partial charge on any atom is -0.491 e. The van der Waals surface area contributed by atoms with Crippen LogP contribution in [-0.2, 0) is 19.1 Å². The van der Waals surface area contributed by atoms with Gasteiger partial charge in [-0.3, -0.25) is 14.4 Å². The molecule has 1 aromatic rings. The van der Waals surface area contributed by atoms with E-state index in [1.165, 1.54) is 0 Å². The molecule has 222 valence electrons. The summed E-state index contributed by atoms with van der Waals surface area (Å²) in [6, 6.07) is 7.62. The van der Waals surface area contributed by atoms with Crippen LogP contribution in [0.15, 0.2) is 30.3 Å². The number of amides is 4. The van der Waals surface area contributed by atoms with Crippen LogP contribution < -0.4 is 20.7 Å². The van der Waals surface area contributed by atoms with E-state index in [4.69, 9.17) is 9.47 Å². The minimum atomic E-state index is -1.11. The molecule has 0 spiro atoms. The monoisotopic (exact) mass is 558 g/mol. The number of ketones is 1. The number of morpholine rings is 1. The van der Waals surface area contributed by atoms with Crippen molar-refractivity contribution in [1.29, 1.82) is 0 Å². The Labute approximate surface area is 237 Å². The number of carbonyl (C=O) groups excluding carboxylic acids is 4. The second kappa shape index (κ2) is 15.6. The van der Waals surface area contributed by atoms with E-state index in [9.17, 15) is 19.2 Å². The molecule has 4 amide bonds. The molecule has 10 nitrogen and oxygen atoms in total. The average Bonchev–Trinajstić information content (AvgIpc) is 2.98. The number of hydrogen-bond donors (Lipinski definition) is 3. The highest BCUT2D eigenvalue weighted by Gasteiger charge is 2.43. The highest BCUT2D eigenvalue weighted by Crippen LogP contribution is 2.29. The number of para-hydroxylation sites is 1. The van der Waals surface area contributed by atoms with E-state index < -0.39 is 35.2 Å². The minimum absolute atomic E-state index is 0.0186.